The quantitative estimate of drug-likeness (QED) is 0.869. The highest BCUT2D eigenvalue weighted by Gasteiger charge is 2.22. The summed E-state index contributed by atoms with van der Waals surface area (Å²) in [4.78, 5) is 2.50. The zero-order chi connectivity index (χ0) is 13.7. The van der Waals surface area contributed by atoms with E-state index < -0.39 is 0 Å². The zero-order valence-electron chi connectivity index (χ0n) is 12.1. The van der Waals surface area contributed by atoms with Crippen LogP contribution >= 0.6 is 11.6 Å². The molecule has 2 nitrogen and oxygen atoms in total. The van der Waals surface area contributed by atoms with Gasteiger partial charge in [-0.15, -0.1) is 0 Å². The molecule has 1 unspecified atom stereocenters. The molecule has 0 radical (unpaired) electrons. The molecule has 1 fully saturated rings. The van der Waals surface area contributed by atoms with Crippen molar-refractivity contribution >= 4 is 17.3 Å². The Balaban J connectivity index is 2.14. The van der Waals surface area contributed by atoms with E-state index in [9.17, 15) is 0 Å². The molecule has 106 valence electrons. The van der Waals surface area contributed by atoms with E-state index in [1.807, 2.05) is 0 Å². The van der Waals surface area contributed by atoms with Gasteiger partial charge in [-0.2, -0.15) is 0 Å². The topological polar surface area (TPSA) is 15.3 Å². The first-order valence-electron chi connectivity index (χ1n) is 7.52. The second kappa shape index (κ2) is 7.16. The van der Waals surface area contributed by atoms with E-state index in [4.69, 9.17) is 11.6 Å². The van der Waals surface area contributed by atoms with E-state index in [0.717, 1.165) is 24.7 Å². The summed E-state index contributed by atoms with van der Waals surface area (Å²) < 4.78 is 0. The number of piperidine rings is 1. The van der Waals surface area contributed by atoms with Crippen LogP contribution in [0, 0.1) is 0 Å². The van der Waals surface area contributed by atoms with E-state index >= 15 is 0 Å². The largest absolute Gasteiger partial charge is 0.367 e. The first-order valence-corrected chi connectivity index (χ1v) is 7.89. The van der Waals surface area contributed by atoms with Crippen molar-refractivity contribution in [1.29, 1.82) is 0 Å². The van der Waals surface area contributed by atoms with E-state index in [1.54, 1.807) is 0 Å². The van der Waals surface area contributed by atoms with Crippen LogP contribution in [0.1, 0.15) is 45.1 Å². The summed E-state index contributed by atoms with van der Waals surface area (Å²) in [6, 6.07) is 7.17. The maximum atomic E-state index is 6.49. The van der Waals surface area contributed by atoms with Gasteiger partial charge >= 0.3 is 0 Å². The fraction of sp³-hybridized carbons (Fsp3) is 0.625. The predicted octanol–water partition coefficient (Wildman–Crippen LogP) is 4.22. The van der Waals surface area contributed by atoms with Crippen molar-refractivity contribution in [1.82, 2.24) is 5.32 Å². The molecule has 3 heteroatoms. The van der Waals surface area contributed by atoms with Gasteiger partial charge in [0.15, 0.2) is 0 Å². The lowest BCUT2D eigenvalue weighted by molar-refractivity contribution is 0.450. The molecule has 0 spiro atoms. The molecular weight excluding hydrogens is 256 g/mol. The monoisotopic (exact) mass is 280 g/mol. The van der Waals surface area contributed by atoms with Crippen molar-refractivity contribution in [3.63, 3.8) is 0 Å². The Morgan fingerprint density at radius 3 is 2.84 bits per heavy atom. The molecule has 1 N–H and O–H groups in total. The van der Waals surface area contributed by atoms with Crippen LogP contribution < -0.4 is 10.2 Å². The highest BCUT2D eigenvalue weighted by Crippen LogP contribution is 2.32. The Morgan fingerprint density at radius 2 is 2.16 bits per heavy atom. The van der Waals surface area contributed by atoms with Crippen LogP contribution in [0.4, 0.5) is 5.69 Å². The minimum atomic E-state index is 0.658. The van der Waals surface area contributed by atoms with Crippen molar-refractivity contribution in [3.8, 4) is 0 Å². The van der Waals surface area contributed by atoms with Gasteiger partial charge in [0.1, 0.15) is 0 Å². The minimum Gasteiger partial charge on any atom is -0.367 e. The molecule has 0 saturated carbocycles. The Hall–Kier alpha value is -0.730. The van der Waals surface area contributed by atoms with Crippen LogP contribution in [-0.2, 0) is 6.54 Å². The lowest BCUT2D eigenvalue weighted by Gasteiger charge is -2.37. The molecule has 1 aliphatic heterocycles. The normalized spacial score (nSPS) is 19.7. The number of halogens is 1. The average Bonchev–Trinajstić information content (AvgIpc) is 2.45. The summed E-state index contributed by atoms with van der Waals surface area (Å²) >= 11 is 6.49. The smallest absolute Gasteiger partial charge is 0.0642 e. The highest BCUT2D eigenvalue weighted by atomic mass is 35.5. The molecule has 0 aliphatic carbocycles. The van der Waals surface area contributed by atoms with E-state index in [1.165, 1.54) is 36.9 Å². The summed E-state index contributed by atoms with van der Waals surface area (Å²) in [6.07, 6.45) is 5.14. The molecule has 19 heavy (non-hydrogen) atoms. The van der Waals surface area contributed by atoms with E-state index in [2.05, 4.69) is 42.3 Å². The molecule has 1 atom stereocenters. The summed E-state index contributed by atoms with van der Waals surface area (Å²) in [5, 5.41) is 4.24. The standard InChI is InChI=1S/C16H25ClN2/c1-3-14-7-5-6-10-19(14)16-9-8-13(11-15(16)17)12-18-4-2/h8-9,11,14,18H,3-7,10,12H2,1-2H3. The Bertz CT molecular complexity index is 406. The summed E-state index contributed by atoms with van der Waals surface area (Å²) in [6.45, 7) is 7.42. The number of nitrogens with zero attached hydrogens (tertiary/aromatic N) is 1. The fourth-order valence-corrected chi connectivity index (χ4v) is 3.22. The van der Waals surface area contributed by atoms with Gasteiger partial charge in [0.2, 0.25) is 0 Å². The van der Waals surface area contributed by atoms with Crippen LogP contribution in [0.15, 0.2) is 18.2 Å². The van der Waals surface area contributed by atoms with Crippen LogP contribution in [0.3, 0.4) is 0 Å². The van der Waals surface area contributed by atoms with Gasteiger partial charge < -0.3 is 10.2 Å². The predicted molar refractivity (Wildman–Crippen MR) is 84.1 cm³/mol. The molecule has 1 aliphatic rings. The van der Waals surface area contributed by atoms with Gasteiger partial charge in [0.25, 0.3) is 0 Å². The van der Waals surface area contributed by atoms with Gasteiger partial charge in [-0.05, 0) is 49.9 Å². The van der Waals surface area contributed by atoms with E-state index in [0.29, 0.717) is 6.04 Å². The minimum absolute atomic E-state index is 0.658. The van der Waals surface area contributed by atoms with Crippen LogP contribution in [0.5, 0.6) is 0 Å². The number of hydrogen-bond donors (Lipinski definition) is 1. The zero-order valence-corrected chi connectivity index (χ0v) is 12.8. The van der Waals surface area contributed by atoms with Crippen LogP contribution in [-0.4, -0.2) is 19.1 Å². The van der Waals surface area contributed by atoms with Crippen molar-refractivity contribution in [2.75, 3.05) is 18.0 Å². The molecular formula is C16H25ClN2. The molecule has 0 amide bonds. The van der Waals surface area contributed by atoms with Gasteiger partial charge in [-0.25, -0.2) is 0 Å². The average molecular weight is 281 g/mol. The summed E-state index contributed by atoms with van der Waals surface area (Å²) in [7, 11) is 0. The number of hydrogen-bond acceptors (Lipinski definition) is 2. The van der Waals surface area contributed by atoms with E-state index in [-0.39, 0.29) is 0 Å². The lowest BCUT2D eigenvalue weighted by Crippen LogP contribution is -2.39. The van der Waals surface area contributed by atoms with Crippen molar-refractivity contribution in [2.24, 2.45) is 0 Å². The van der Waals surface area contributed by atoms with Gasteiger partial charge in [-0.1, -0.05) is 31.5 Å². The first kappa shape index (κ1) is 14.7. The SMILES string of the molecule is CCNCc1ccc(N2CCCCC2CC)c(Cl)c1. The van der Waals surface area contributed by atoms with Crippen LogP contribution in [0.2, 0.25) is 5.02 Å². The van der Waals surface area contributed by atoms with Crippen molar-refractivity contribution in [2.45, 2.75) is 52.1 Å². The fourth-order valence-electron chi connectivity index (χ4n) is 2.90. The van der Waals surface area contributed by atoms with Gasteiger partial charge in [0.05, 0.1) is 10.7 Å². The number of rotatable bonds is 5. The number of nitrogens with one attached hydrogen (secondary N) is 1. The lowest BCUT2D eigenvalue weighted by atomic mass is 9.99. The summed E-state index contributed by atoms with van der Waals surface area (Å²) in [5.41, 5.74) is 2.48. The third-order valence-electron chi connectivity index (χ3n) is 4.00. The van der Waals surface area contributed by atoms with Gasteiger partial charge in [-0.3, -0.25) is 0 Å². The maximum absolute atomic E-state index is 6.49. The first-order chi connectivity index (χ1) is 9.26. The Kier molecular flexibility index (Phi) is 5.53. The van der Waals surface area contributed by atoms with Crippen molar-refractivity contribution in [3.05, 3.63) is 28.8 Å². The number of benzene rings is 1. The highest BCUT2D eigenvalue weighted by molar-refractivity contribution is 6.33. The maximum Gasteiger partial charge on any atom is 0.0642 e. The molecule has 2 rings (SSSR count). The van der Waals surface area contributed by atoms with Gasteiger partial charge in [0, 0.05) is 19.1 Å². The second-order valence-corrected chi connectivity index (χ2v) is 5.72. The molecule has 0 bridgehead atoms. The van der Waals surface area contributed by atoms with Crippen LogP contribution in [0.25, 0.3) is 0 Å². The Morgan fingerprint density at radius 1 is 1.32 bits per heavy atom. The number of anilines is 1. The molecule has 1 saturated heterocycles. The molecule has 1 heterocycles. The molecule has 1 aromatic rings. The second-order valence-electron chi connectivity index (χ2n) is 5.32. The summed E-state index contributed by atoms with van der Waals surface area (Å²) in [5.74, 6) is 0. The third-order valence-corrected chi connectivity index (χ3v) is 4.30. The Labute approximate surface area is 122 Å². The molecule has 0 aromatic heterocycles. The molecule has 1 aromatic carbocycles. The van der Waals surface area contributed by atoms with Crippen molar-refractivity contribution < 1.29 is 0 Å². The third kappa shape index (κ3) is 3.64.